The van der Waals surface area contributed by atoms with Gasteiger partial charge in [-0.2, -0.15) is 0 Å². The second-order valence-electron chi connectivity index (χ2n) is 3.74. The minimum absolute atomic E-state index is 0.133. The molecule has 0 aliphatic heterocycles. The van der Waals surface area contributed by atoms with E-state index in [0.717, 1.165) is 10.2 Å². The van der Waals surface area contributed by atoms with Crippen LogP contribution in [0.15, 0.2) is 28.1 Å². The second-order valence-corrected chi connectivity index (χ2v) is 6.77. The third-order valence-electron chi connectivity index (χ3n) is 2.42. The average molecular weight is 386 g/mol. The number of anilines is 1. The van der Waals surface area contributed by atoms with Crippen molar-refractivity contribution in [3.8, 4) is 0 Å². The zero-order valence-corrected chi connectivity index (χ0v) is 14.0. The Morgan fingerprint density at radius 3 is 2.44 bits per heavy atom. The van der Waals surface area contributed by atoms with E-state index in [-0.39, 0.29) is 6.04 Å². The smallest absolute Gasteiger partial charge is 0.0653 e. The first-order chi connectivity index (χ1) is 8.49. The van der Waals surface area contributed by atoms with Crippen molar-refractivity contribution in [2.24, 2.45) is 0 Å². The maximum Gasteiger partial charge on any atom is 0.0653 e. The molecule has 96 valence electrons. The molecular weight excluding hydrogens is 376 g/mol. The molecule has 2 aromatic rings. The van der Waals surface area contributed by atoms with E-state index in [1.54, 1.807) is 23.5 Å². The van der Waals surface area contributed by atoms with Crippen molar-refractivity contribution >= 4 is 67.8 Å². The molecule has 0 spiro atoms. The topological polar surface area (TPSA) is 12.0 Å². The molecule has 0 aliphatic rings. The summed E-state index contributed by atoms with van der Waals surface area (Å²) in [6.45, 7) is 2.06. The lowest BCUT2D eigenvalue weighted by atomic mass is 10.2. The Morgan fingerprint density at radius 2 is 1.83 bits per heavy atom. The lowest BCUT2D eigenvalue weighted by molar-refractivity contribution is 0.903. The van der Waals surface area contributed by atoms with Crippen LogP contribution >= 0.6 is 62.1 Å². The highest BCUT2D eigenvalue weighted by molar-refractivity contribution is 9.10. The summed E-state index contributed by atoms with van der Waals surface area (Å²) < 4.78 is 1.09. The summed E-state index contributed by atoms with van der Waals surface area (Å²) in [5, 5.41) is 6.86. The minimum atomic E-state index is 0.133. The van der Waals surface area contributed by atoms with Gasteiger partial charge in [0.25, 0.3) is 0 Å². The van der Waals surface area contributed by atoms with Crippen LogP contribution in [0, 0.1) is 0 Å². The quantitative estimate of drug-likeness (QED) is 0.584. The maximum atomic E-state index is 6.13. The van der Waals surface area contributed by atoms with E-state index >= 15 is 0 Å². The van der Waals surface area contributed by atoms with Gasteiger partial charge < -0.3 is 5.32 Å². The van der Waals surface area contributed by atoms with Crippen LogP contribution in [0.4, 0.5) is 5.69 Å². The molecule has 2 rings (SSSR count). The third kappa shape index (κ3) is 3.14. The summed E-state index contributed by atoms with van der Waals surface area (Å²) >= 11 is 23.2. The van der Waals surface area contributed by atoms with Crippen molar-refractivity contribution in [1.29, 1.82) is 0 Å². The molecule has 0 radical (unpaired) electrons. The molecule has 6 heteroatoms. The molecule has 0 fully saturated rings. The van der Waals surface area contributed by atoms with Crippen LogP contribution in [-0.2, 0) is 0 Å². The van der Waals surface area contributed by atoms with Gasteiger partial charge in [-0.25, -0.2) is 0 Å². The molecule has 0 aliphatic carbocycles. The molecule has 0 saturated carbocycles. The van der Waals surface area contributed by atoms with Crippen LogP contribution in [0.1, 0.15) is 17.8 Å². The molecule has 1 aromatic heterocycles. The van der Waals surface area contributed by atoms with E-state index in [0.29, 0.717) is 15.1 Å². The predicted molar refractivity (Wildman–Crippen MR) is 85.5 cm³/mol. The van der Waals surface area contributed by atoms with Crippen molar-refractivity contribution < 1.29 is 0 Å². The molecule has 1 unspecified atom stereocenters. The van der Waals surface area contributed by atoms with Gasteiger partial charge in [-0.1, -0.05) is 34.8 Å². The first-order valence-corrected chi connectivity index (χ1v) is 7.93. The normalized spacial score (nSPS) is 12.5. The van der Waals surface area contributed by atoms with E-state index in [1.165, 1.54) is 4.88 Å². The first-order valence-electron chi connectivity index (χ1n) is 5.13. The maximum absolute atomic E-state index is 6.13. The Hall–Kier alpha value is 0.0700. The van der Waals surface area contributed by atoms with Crippen molar-refractivity contribution in [1.82, 2.24) is 0 Å². The van der Waals surface area contributed by atoms with E-state index < -0.39 is 0 Å². The highest BCUT2D eigenvalue weighted by Crippen LogP contribution is 2.36. The van der Waals surface area contributed by atoms with Gasteiger partial charge in [-0.15, -0.1) is 11.3 Å². The molecule has 0 saturated heterocycles. The van der Waals surface area contributed by atoms with Crippen LogP contribution in [0.2, 0.25) is 15.1 Å². The van der Waals surface area contributed by atoms with Gasteiger partial charge in [0, 0.05) is 9.35 Å². The van der Waals surface area contributed by atoms with Gasteiger partial charge in [0.15, 0.2) is 0 Å². The zero-order chi connectivity index (χ0) is 13.3. The average Bonchev–Trinajstić information content (AvgIpc) is 2.72. The summed E-state index contributed by atoms with van der Waals surface area (Å²) in [5.74, 6) is 0. The van der Waals surface area contributed by atoms with Crippen molar-refractivity contribution in [2.45, 2.75) is 13.0 Å². The lowest BCUT2D eigenvalue weighted by Gasteiger charge is -2.16. The molecule has 0 amide bonds. The number of thiophene rings is 1. The van der Waals surface area contributed by atoms with Crippen molar-refractivity contribution in [2.75, 3.05) is 5.32 Å². The van der Waals surface area contributed by atoms with Gasteiger partial charge in [-0.05, 0) is 46.4 Å². The Labute approximate surface area is 133 Å². The largest absolute Gasteiger partial charge is 0.376 e. The summed E-state index contributed by atoms with van der Waals surface area (Å²) in [7, 11) is 0. The molecule has 1 aromatic carbocycles. The van der Waals surface area contributed by atoms with E-state index in [9.17, 15) is 0 Å². The molecule has 1 nitrogen and oxygen atoms in total. The van der Waals surface area contributed by atoms with Gasteiger partial charge in [0.1, 0.15) is 0 Å². The summed E-state index contributed by atoms with van der Waals surface area (Å²) in [6, 6.07) is 5.54. The van der Waals surface area contributed by atoms with Crippen LogP contribution in [0.25, 0.3) is 0 Å². The predicted octanol–water partition coefficient (Wildman–Crippen LogP) is 6.64. The highest BCUT2D eigenvalue weighted by Gasteiger charge is 2.13. The Kier molecular flexibility index (Phi) is 4.84. The minimum Gasteiger partial charge on any atom is -0.376 e. The highest BCUT2D eigenvalue weighted by atomic mass is 79.9. The molecule has 18 heavy (non-hydrogen) atoms. The van der Waals surface area contributed by atoms with Crippen LogP contribution in [0.5, 0.6) is 0 Å². The molecule has 1 atom stereocenters. The number of hydrogen-bond donors (Lipinski definition) is 1. The molecule has 1 N–H and O–H groups in total. The van der Waals surface area contributed by atoms with Crippen LogP contribution in [0.3, 0.4) is 0 Å². The Morgan fingerprint density at radius 1 is 1.17 bits per heavy atom. The summed E-state index contributed by atoms with van der Waals surface area (Å²) in [6.07, 6.45) is 0. The van der Waals surface area contributed by atoms with Crippen LogP contribution < -0.4 is 5.32 Å². The van der Waals surface area contributed by atoms with Gasteiger partial charge in [0.05, 0.1) is 26.8 Å². The molecule has 1 heterocycles. The fraction of sp³-hybridized carbons (Fsp3) is 0.167. The standard InChI is InChI=1S/C12H9BrCl3NS/c1-6(12-7(13)2-3-18-12)17-11-5-9(15)8(14)4-10(11)16/h2-6,17H,1H3. The fourth-order valence-corrected chi connectivity index (χ4v) is 3.87. The van der Waals surface area contributed by atoms with E-state index in [2.05, 4.69) is 28.2 Å². The van der Waals surface area contributed by atoms with Gasteiger partial charge >= 0.3 is 0 Å². The summed E-state index contributed by atoms with van der Waals surface area (Å²) in [4.78, 5) is 1.21. The monoisotopic (exact) mass is 383 g/mol. The Balaban J connectivity index is 2.24. The summed E-state index contributed by atoms with van der Waals surface area (Å²) in [5.41, 5.74) is 0.777. The Bertz CT molecular complexity index is 570. The van der Waals surface area contributed by atoms with Crippen molar-refractivity contribution in [3.05, 3.63) is 48.0 Å². The number of hydrogen-bond acceptors (Lipinski definition) is 2. The first kappa shape index (κ1) is 14.5. The van der Waals surface area contributed by atoms with E-state index in [1.807, 2.05) is 11.4 Å². The SMILES string of the molecule is CC(Nc1cc(Cl)c(Cl)cc1Cl)c1sccc1Br. The van der Waals surface area contributed by atoms with Gasteiger partial charge in [-0.3, -0.25) is 0 Å². The number of rotatable bonds is 3. The molecular formula is C12H9BrCl3NS. The molecule has 0 bridgehead atoms. The number of nitrogens with one attached hydrogen (secondary N) is 1. The third-order valence-corrected chi connectivity index (χ3v) is 5.51. The van der Waals surface area contributed by atoms with E-state index in [4.69, 9.17) is 34.8 Å². The van der Waals surface area contributed by atoms with Gasteiger partial charge in [0.2, 0.25) is 0 Å². The number of benzene rings is 1. The van der Waals surface area contributed by atoms with Crippen LogP contribution in [-0.4, -0.2) is 0 Å². The van der Waals surface area contributed by atoms with Crippen molar-refractivity contribution in [3.63, 3.8) is 0 Å². The fourth-order valence-electron chi connectivity index (χ4n) is 1.55. The second kappa shape index (κ2) is 6.02. The number of halogens is 4. The zero-order valence-electron chi connectivity index (χ0n) is 9.31. The lowest BCUT2D eigenvalue weighted by Crippen LogP contribution is -2.05.